The summed E-state index contributed by atoms with van der Waals surface area (Å²) in [6.45, 7) is 1.58. The van der Waals surface area contributed by atoms with Crippen LogP contribution < -0.4 is 9.46 Å². The monoisotopic (exact) mass is 451 g/mol. The first kappa shape index (κ1) is 23.7. The van der Waals surface area contributed by atoms with Crippen LogP contribution >= 0.6 is 0 Å². The standard InChI is InChI=1S/C20H21NO9S/c1-4-29-18(22)12-30-16-5-7-17(8-6-16)31(25,26)21-15-10-13(19(23)27-2)9-14(11-15)20(24)28-3/h5-11,21H,4,12H2,1-3H3. The average molecular weight is 451 g/mol. The Morgan fingerprint density at radius 3 is 1.94 bits per heavy atom. The Kier molecular flexibility index (Phi) is 7.97. The van der Waals surface area contributed by atoms with Gasteiger partial charge in [0, 0.05) is 0 Å². The summed E-state index contributed by atoms with van der Waals surface area (Å²) in [5.74, 6) is -1.79. The van der Waals surface area contributed by atoms with Crippen LogP contribution in [0.15, 0.2) is 47.4 Å². The van der Waals surface area contributed by atoms with Gasteiger partial charge in [0.25, 0.3) is 10.0 Å². The van der Waals surface area contributed by atoms with E-state index in [4.69, 9.17) is 9.47 Å². The Hall–Kier alpha value is -3.60. The zero-order chi connectivity index (χ0) is 23.0. The van der Waals surface area contributed by atoms with Gasteiger partial charge in [-0.15, -0.1) is 0 Å². The van der Waals surface area contributed by atoms with Gasteiger partial charge in [-0.2, -0.15) is 0 Å². The van der Waals surface area contributed by atoms with Crippen molar-refractivity contribution in [3.05, 3.63) is 53.6 Å². The molecular weight excluding hydrogens is 430 g/mol. The molecule has 0 fully saturated rings. The van der Waals surface area contributed by atoms with E-state index in [-0.39, 0.29) is 40.7 Å². The van der Waals surface area contributed by atoms with Crippen molar-refractivity contribution in [3.8, 4) is 5.75 Å². The molecule has 2 aromatic rings. The number of hydrogen-bond acceptors (Lipinski definition) is 9. The Labute approximate surface area is 179 Å². The molecule has 2 rings (SSSR count). The van der Waals surface area contributed by atoms with E-state index in [2.05, 4.69) is 14.2 Å². The van der Waals surface area contributed by atoms with Gasteiger partial charge in [0.05, 0.1) is 42.5 Å². The summed E-state index contributed by atoms with van der Waals surface area (Å²) < 4.78 is 46.9. The number of carbonyl (C=O) groups is 3. The summed E-state index contributed by atoms with van der Waals surface area (Å²) in [6.07, 6.45) is 0. The highest BCUT2D eigenvalue weighted by Gasteiger charge is 2.19. The molecular formula is C20H21NO9S. The maximum atomic E-state index is 12.7. The van der Waals surface area contributed by atoms with Gasteiger partial charge in [-0.05, 0) is 49.4 Å². The highest BCUT2D eigenvalue weighted by molar-refractivity contribution is 7.92. The molecule has 0 radical (unpaired) electrons. The lowest BCUT2D eigenvalue weighted by Crippen LogP contribution is -2.16. The van der Waals surface area contributed by atoms with Crippen LogP contribution in [0.25, 0.3) is 0 Å². The van der Waals surface area contributed by atoms with Crippen LogP contribution in [-0.2, 0) is 29.0 Å². The molecule has 11 heteroatoms. The minimum Gasteiger partial charge on any atom is -0.482 e. The van der Waals surface area contributed by atoms with Gasteiger partial charge in [0.1, 0.15) is 5.75 Å². The molecule has 10 nitrogen and oxygen atoms in total. The van der Waals surface area contributed by atoms with E-state index in [0.29, 0.717) is 0 Å². The number of esters is 3. The largest absolute Gasteiger partial charge is 0.482 e. The molecule has 0 saturated carbocycles. The lowest BCUT2D eigenvalue weighted by Gasteiger charge is -2.12. The molecule has 0 amide bonds. The van der Waals surface area contributed by atoms with E-state index >= 15 is 0 Å². The summed E-state index contributed by atoms with van der Waals surface area (Å²) in [5.41, 5.74) is -0.109. The molecule has 0 saturated heterocycles. The fourth-order valence-electron chi connectivity index (χ4n) is 2.43. The molecule has 31 heavy (non-hydrogen) atoms. The van der Waals surface area contributed by atoms with Gasteiger partial charge >= 0.3 is 17.9 Å². The molecule has 0 aliphatic rings. The summed E-state index contributed by atoms with van der Waals surface area (Å²) in [5, 5.41) is 0. The van der Waals surface area contributed by atoms with Crippen molar-refractivity contribution < 1.29 is 41.7 Å². The highest BCUT2D eigenvalue weighted by Crippen LogP contribution is 2.22. The number of methoxy groups -OCH3 is 2. The van der Waals surface area contributed by atoms with Crippen LogP contribution in [0.3, 0.4) is 0 Å². The summed E-state index contributed by atoms with van der Waals surface area (Å²) >= 11 is 0. The van der Waals surface area contributed by atoms with Crippen molar-refractivity contribution in [3.63, 3.8) is 0 Å². The number of ether oxygens (including phenoxy) is 4. The van der Waals surface area contributed by atoms with Gasteiger partial charge in [0.2, 0.25) is 0 Å². The first-order valence-electron chi connectivity index (χ1n) is 8.93. The number of nitrogens with one attached hydrogen (secondary N) is 1. The van der Waals surface area contributed by atoms with Crippen LogP contribution in [-0.4, -0.2) is 53.8 Å². The van der Waals surface area contributed by atoms with Crippen molar-refractivity contribution in [2.24, 2.45) is 0 Å². The predicted molar refractivity (Wildman–Crippen MR) is 108 cm³/mol. The smallest absolute Gasteiger partial charge is 0.344 e. The molecule has 166 valence electrons. The maximum absolute atomic E-state index is 12.7. The van der Waals surface area contributed by atoms with Crippen molar-refractivity contribution >= 4 is 33.6 Å². The number of benzene rings is 2. The normalized spacial score (nSPS) is 10.7. The van der Waals surface area contributed by atoms with E-state index in [1.807, 2.05) is 0 Å². The number of anilines is 1. The number of sulfonamides is 1. The molecule has 0 aliphatic carbocycles. The van der Waals surface area contributed by atoms with Gasteiger partial charge < -0.3 is 18.9 Å². The van der Waals surface area contributed by atoms with Crippen LogP contribution in [0.1, 0.15) is 27.6 Å². The Balaban J connectivity index is 2.24. The fourth-order valence-corrected chi connectivity index (χ4v) is 3.47. The van der Waals surface area contributed by atoms with E-state index in [0.717, 1.165) is 14.2 Å². The third-order valence-corrected chi connectivity index (χ3v) is 5.22. The van der Waals surface area contributed by atoms with E-state index in [1.54, 1.807) is 6.92 Å². The van der Waals surface area contributed by atoms with Crippen molar-refractivity contribution in [2.45, 2.75) is 11.8 Å². The SMILES string of the molecule is CCOC(=O)COc1ccc(S(=O)(=O)Nc2cc(C(=O)OC)cc(C(=O)OC)c2)cc1. The molecule has 0 aliphatic heterocycles. The first-order chi connectivity index (χ1) is 14.7. The van der Waals surface area contributed by atoms with Crippen LogP contribution in [0.4, 0.5) is 5.69 Å². The van der Waals surface area contributed by atoms with Crippen molar-refractivity contribution in [1.29, 1.82) is 0 Å². The molecule has 0 unspecified atom stereocenters. The van der Waals surface area contributed by atoms with Gasteiger partial charge in [-0.1, -0.05) is 0 Å². The topological polar surface area (TPSA) is 134 Å². The third-order valence-electron chi connectivity index (χ3n) is 3.82. The maximum Gasteiger partial charge on any atom is 0.344 e. The van der Waals surface area contributed by atoms with Crippen LogP contribution in [0.5, 0.6) is 5.75 Å². The first-order valence-corrected chi connectivity index (χ1v) is 10.4. The molecule has 0 spiro atoms. The third kappa shape index (κ3) is 6.44. The minimum atomic E-state index is -4.07. The zero-order valence-corrected chi connectivity index (χ0v) is 17.9. The van der Waals surface area contributed by atoms with Crippen molar-refractivity contribution in [2.75, 3.05) is 32.2 Å². The van der Waals surface area contributed by atoms with Crippen molar-refractivity contribution in [1.82, 2.24) is 0 Å². The second kappa shape index (κ2) is 10.4. The Morgan fingerprint density at radius 1 is 0.903 bits per heavy atom. The molecule has 0 bridgehead atoms. The molecule has 1 N–H and O–H groups in total. The highest BCUT2D eigenvalue weighted by atomic mass is 32.2. The van der Waals surface area contributed by atoms with Crippen LogP contribution in [0.2, 0.25) is 0 Å². The minimum absolute atomic E-state index is 0.0362. The quantitative estimate of drug-likeness (QED) is 0.449. The molecule has 0 heterocycles. The fraction of sp³-hybridized carbons (Fsp3) is 0.250. The molecule has 2 aromatic carbocycles. The van der Waals surface area contributed by atoms with Crippen LogP contribution in [0, 0.1) is 0 Å². The summed E-state index contributed by atoms with van der Waals surface area (Å²) in [7, 11) is -1.76. The van der Waals surface area contributed by atoms with E-state index in [1.165, 1.54) is 42.5 Å². The Morgan fingerprint density at radius 2 is 1.45 bits per heavy atom. The lowest BCUT2D eigenvalue weighted by molar-refractivity contribution is -0.145. The number of hydrogen-bond donors (Lipinski definition) is 1. The van der Waals surface area contributed by atoms with Gasteiger partial charge in [-0.3, -0.25) is 4.72 Å². The zero-order valence-electron chi connectivity index (χ0n) is 17.0. The molecule has 0 aromatic heterocycles. The van der Waals surface area contributed by atoms with E-state index in [9.17, 15) is 22.8 Å². The summed E-state index contributed by atoms with van der Waals surface area (Å²) in [4.78, 5) is 34.9. The van der Waals surface area contributed by atoms with E-state index < -0.39 is 27.9 Å². The predicted octanol–water partition coefficient (Wildman–Crippen LogP) is 2.00. The van der Waals surface area contributed by atoms with Gasteiger partial charge in [0.15, 0.2) is 6.61 Å². The average Bonchev–Trinajstić information content (AvgIpc) is 2.76. The number of rotatable bonds is 9. The second-order valence-corrected chi connectivity index (χ2v) is 7.64. The van der Waals surface area contributed by atoms with Gasteiger partial charge in [-0.25, -0.2) is 22.8 Å². The summed E-state index contributed by atoms with van der Waals surface area (Å²) in [6, 6.07) is 8.98. The lowest BCUT2D eigenvalue weighted by atomic mass is 10.1. The Bertz CT molecular complexity index is 1030. The number of carbonyl (C=O) groups excluding carboxylic acids is 3. The second-order valence-electron chi connectivity index (χ2n) is 5.95. The molecule has 0 atom stereocenters.